The van der Waals surface area contributed by atoms with Crippen molar-refractivity contribution in [1.82, 2.24) is 20.4 Å². The SMILES string of the molecule is CN1CCNC[C@@H]1c1nc(C2CC2)no1. The van der Waals surface area contributed by atoms with Gasteiger partial charge in [-0.1, -0.05) is 5.16 Å². The Hall–Kier alpha value is -0.940. The predicted octanol–water partition coefficient (Wildman–Crippen LogP) is 0.523. The predicted molar refractivity (Wildman–Crippen MR) is 54.5 cm³/mol. The zero-order valence-electron chi connectivity index (χ0n) is 8.94. The minimum absolute atomic E-state index is 0.249. The van der Waals surface area contributed by atoms with Crippen molar-refractivity contribution in [3.8, 4) is 0 Å². The first kappa shape index (κ1) is 9.30. The molecule has 15 heavy (non-hydrogen) atoms. The quantitative estimate of drug-likeness (QED) is 0.768. The lowest BCUT2D eigenvalue weighted by Crippen LogP contribution is -2.43. The van der Waals surface area contributed by atoms with Gasteiger partial charge in [-0.15, -0.1) is 0 Å². The topological polar surface area (TPSA) is 54.2 Å². The van der Waals surface area contributed by atoms with E-state index in [1.54, 1.807) is 0 Å². The summed E-state index contributed by atoms with van der Waals surface area (Å²) in [5.41, 5.74) is 0. The summed E-state index contributed by atoms with van der Waals surface area (Å²) in [6.45, 7) is 2.98. The van der Waals surface area contributed by atoms with Gasteiger partial charge in [0.2, 0.25) is 5.89 Å². The van der Waals surface area contributed by atoms with E-state index in [1.807, 2.05) is 0 Å². The summed E-state index contributed by atoms with van der Waals surface area (Å²) >= 11 is 0. The molecule has 1 aromatic heterocycles. The van der Waals surface area contributed by atoms with E-state index in [1.165, 1.54) is 12.8 Å². The van der Waals surface area contributed by atoms with Gasteiger partial charge in [-0.25, -0.2) is 0 Å². The highest BCUT2D eigenvalue weighted by Crippen LogP contribution is 2.38. The Kier molecular flexibility index (Phi) is 2.21. The van der Waals surface area contributed by atoms with Crippen molar-refractivity contribution in [2.24, 2.45) is 0 Å². The Bertz CT molecular complexity index is 347. The molecule has 2 fully saturated rings. The normalized spacial score (nSPS) is 28.2. The van der Waals surface area contributed by atoms with Crippen LogP contribution in [0.2, 0.25) is 0 Å². The molecule has 0 amide bonds. The van der Waals surface area contributed by atoms with Crippen molar-refractivity contribution in [1.29, 1.82) is 0 Å². The number of rotatable bonds is 2. The molecule has 0 radical (unpaired) electrons. The Morgan fingerprint density at radius 3 is 3.07 bits per heavy atom. The van der Waals surface area contributed by atoms with E-state index in [9.17, 15) is 0 Å². The largest absolute Gasteiger partial charge is 0.338 e. The minimum Gasteiger partial charge on any atom is -0.338 e. The van der Waals surface area contributed by atoms with Crippen molar-refractivity contribution < 1.29 is 4.52 Å². The van der Waals surface area contributed by atoms with E-state index in [2.05, 4.69) is 27.4 Å². The van der Waals surface area contributed by atoms with Crippen LogP contribution in [0.25, 0.3) is 0 Å². The zero-order chi connectivity index (χ0) is 10.3. The number of piperazine rings is 1. The maximum absolute atomic E-state index is 5.33. The maximum Gasteiger partial charge on any atom is 0.245 e. The number of nitrogens with zero attached hydrogens (tertiary/aromatic N) is 3. The molecule has 5 heteroatoms. The second kappa shape index (κ2) is 3.57. The van der Waals surface area contributed by atoms with Gasteiger partial charge in [0, 0.05) is 25.6 Å². The fraction of sp³-hybridized carbons (Fsp3) is 0.800. The summed E-state index contributed by atoms with van der Waals surface area (Å²) in [4.78, 5) is 6.75. The van der Waals surface area contributed by atoms with Crippen molar-refractivity contribution in [3.05, 3.63) is 11.7 Å². The average molecular weight is 208 g/mol. The van der Waals surface area contributed by atoms with E-state index < -0.39 is 0 Å². The van der Waals surface area contributed by atoms with Gasteiger partial charge in [-0.2, -0.15) is 4.98 Å². The highest BCUT2D eigenvalue weighted by molar-refractivity contribution is 5.05. The number of hydrogen-bond acceptors (Lipinski definition) is 5. The van der Waals surface area contributed by atoms with Gasteiger partial charge in [0.25, 0.3) is 0 Å². The third kappa shape index (κ3) is 1.77. The Morgan fingerprint density at radius 1 is 1.47 bits per heavy atom. The van der Waals surface area contributed by atoms with E-state index in [4.69, 9.17) is 4.52 Å². The van der Waals surface area contributed by atoms with Gasteiger partial charge in [0.05, 0.1) is 0 Å². The third-order valence-corrected chi connectivity index (χ3v) is 3.20. The summed E-state index contributed by atoms with van der Waals surface area (Å²) in [5.74, 6) is 2.25. The monoisotopic (exact) mass is 208 g/mol. The fourth-order valence-corrected chi connectivity index (χ4v) is 1.97. The second-order valence-electron chi connectivity index (χ2n) is 4.47. The standard InChI is InChI=1S/C10H16N4O/c1-14-5-4-11-6-8(14)10-12-9(13-15-10)7-2-3-7/h7-8,11H,2-6H2,1H3/t8-/m1/s1. The van der Waals surface area contributed by atoms with Crippen LogP contribution >= 0.6 is 0 Å². The summed E-state index contributed by atoms with van der Waals surface area (Å²) < 4.78 is 5.33. The van der Waals surface area contributed by atoms with Crippen LogP contribution < -0.4 is 5.32 Å². The van der Waals surface area contributed by atoms with Gasteiger partial charge in [0.15, 0.2) is 5.82 Å². The van der Waals surface area contributed by atoms with E-state index in [0.717, 1.165) is 31.3 Å². The summed E-state index contributed by atoms with van der Waals surface area (Å²) in [6, 6.07) is 0.249. The van der Waals surface area contributed by atoms with Crippen LogP contribution in [-0.4, -0.2) is 41.7 Å². The van der Waals surface area contributed by atoms with E-state index in [0.29, 0.717) is 5.92 Å². The van der Waals surface area contributed by atoms with Gasteiger partial charge in [-0.3, -0.25) is 4.90 Å². The molecule has 1 aromatic rings. The summed E-state index contributed by atoms with van der Waals surface area (Å²) in [5, 5.41) is 7.40. The molecule has 0 spiro atoms. The highest BCUT2D eigenvalue weighted by atomic mass is 16.5. The fourth-order valence-electron chi connectivity index (χ4n) is 1.97. The third-order valence-electron chi connectivity index (χ3n) is 3.20. The van der Waals surface area contributed by atoms with Crippen molar-refractivity contribution >= 4 is 0 Å². The molecule has 0 unspecified atom stereocenters. The molecule has 1 aliphatic carbocycles. The van der Waals surface area contributed by atoms with Crippen LogP contribution in [0.1, 0.15) is 36.5 Å². The Labute approximate surface area is 88.8 Å². The van der Waals surface area contributed by atoms with Crippen LogP contribution in [0.3, 0.4) is 0 Å². The Morgan fingerprint density at radius 2 is 2.33 bits per heavy atom. The molecule has 2 aliphatic rings. The van der Waals surface area contributed by atoms with Crippen LogP contribution in [0, 0.1) is 0 Å². The first-order chi connectivity index (χ1) is 7.34. The van der Waals surface area contributed by atoms with E-state index in [-0.39, 0.29) is 6.04 Å². The highest BCUT2D eigenvalue weighted by Gasteiger charge is 2.31. The zero-order valence-corrected chi connectivity index (χ0v) is 8.94. The first-order valence-corrected chi connectivity index (χ1v) is 5.59. The molecule has 82 valence electrons. The summed E-state index contributed by atoms with van der Waals surface area (Å²) in [7, 11) is 2.10. The lowest BCUT2D eigenvalue weighted by atomic mass is 10.2. The first-order valence-electron chi connectivity index (χ1n) is 5.59. The molecule has 0 aromatic carbocycles. The number of nitrogens with one attached hydrogen (secondary N) is 1. The lowest BCUT2D eigenvalue weighted by Gasteiger charge is -2.30. The Balaban J connectivity index is 1.78. The van der Waals surface area contributed by atoms with E-state index >= 15 is 0 Å². The molecule has 1 saturated heterocycles. The molecular weight excluding hydrogens is 192 g/mol. The molecule has 1 atom stereocenters. The number of hydrogen-bond donors (Lipinski definition) is 1. The maximum atomic E-state index is 5.33. The molecular formula is C10H16N4O. The number of aromatic nitrogens is 2. The molecule has 1 aliphatic heterocycles. The van der Waals surface area contributed by atoms with Crippen LogP contribution in [0.5, 0.6) is 0 Å². The van der Waals surface area contributed by atoms with Gasteiger partial charge >= 0.3 is 0 Å². The van der Waals surface area contributed by atoms with Gasteiger partial charge < -0.3 is 9.84 Å². The van der Waals surface area contributed by atoms with Crippen molar-refractivity contribution in [3.63, 3.8) is 0 Å². The molecule has 5 nitrogen and oxygen atoms in total. The summed E-state index contributed by atoms with van der Waals surface area (Å²) in [6.07, 6.45) is 2.44. The molecule has 2 heterocycles. The van der Waals surface area contributed by atoms with Crippen LogP contribution in [0.4, 0.5) is 0 Å². The van der Waals surface area contributed by atoms with Crippen molar-refractivity contribution in [2.45, 2.75) is 24.8 Å². The van der Waals surface area contributed by atoms with Crippen LogP contribution in [-0.2, 0) is 0 Å². The van der Waals surface area contributed by atoms with Gasteiger partial charge in [-0.05, 0) is 19.9 Å². The van der Waals surface area contributed by atoms with Crippen molar-refractivity contribution in [2.75, 3.05) is 26.7 Å². The van der Waals surface area contributed by atoms with Gasteiger partial charge in [0.1, 0.15) is 6.04 Å². The number of likely N-dealkylation sites (N-methyl/N-ethyl adjacent to an activating group) is 1. The van der Waals surface area contributed by atoms with Crippen LogP contribution in [0.15, 0.2) is 4.52 Å². The lowest BCUT2D eigenvalue weighted by molar-refractivity contribution is 0.163. The molecule has 0 bridgehead atoms. The molecule has 1 N–H and O–H groups in total. The average Bonchev–Trinajstić information content (AvgIpc) is 2.99. The molecule has 3 rings (SSSR count). The smallest absolute Gasteiger partial charge is 0.245 e. The minimum atomic E-state index is 0.249. The molecule has 1 saturated carbocycles. The second-order valence-corrected chi connectivity index (χ2v) is 4.47.